The number of hydrogen-bond acceptors (Lipinski definition) is 5. The van der Waals surface area contributed by atoms with Crippen LogP contribution in [-0.2, 0) is 19.1 Å². The van der Waals surface area contributed by atoms with Crippen LogP contribution in [0.1, 0.15) is 68.9 Å². The number of cyclic esters (lactones) is 2. The number of hydrogen-bond donors (Lipinski definition) is 0. The van der Waals surface area contributed by atoms with Gasteiger partial charge in [-0.15, -0.1) is 0 Å². The van der Waals surface area contributed by atoms with Gasteiger partial charge in [0.15, 0.2) is 5.92 Å². The highest BCUT2D eigenvalue weighted by molar-refractivity contribution is 6.03. The van der Waals surface area contributed by atoms with Crippen molar-refractivity contribution in [2.75, 3.05) is 7.11 Å². The average Bonchev–Trinajstić information content (AvgIpc) is 2.82. The fourth-order valence-electron chi connectivity index (χ4n) is 5.26. The Morgan fingerprint density at radius 2 is 1.41 bits per heavy atom. The third-order valence-electron chi connectivity index (χ3n) is 6.97. The van der Waals surface area contributed by atoms with Gasteiger partial charge in [0.1, 0.15) is 5.75 Å². The number of benzene rings is 3. The maximum atomic E-state index is 12.5. The Balaban J connectivity index is 1.46. The molecule has 2 fully saturated rings. The van der Waals surface area contributed by atoms with E-state index < -0.39 is 23.6 Å². The standard InChI is InChI=1S/C29H30O5/c1-29(2)33-27(30)26(28(31)34-29)23-12-11-19-15-20(9-10-21(19)16-23)22-13-14-25(32-3)24(17-22)18-7-5-4-6-8-18/h9-18,26H,4-8H2,1-3H3. The molecule has 34 heavy (non-hydrogen) atoms. The molecule has 2 aliphatic rings. The van der Waals surface area contributed by atoms with Crippen molar-refractivity contribution >= 4 is 22.7 Å². The van der Waals surface area contributed by atoms with Gasteiger partial charge in [0.05, 0.1) is 7.11 Å². The normalized spacial score (nSPS) is 19.0. The fourth-order valence-corrected chi connectivity index (χ4v) is 5.26. The lowest BCUT2D eigenvalue weighted by atomic mass is 9.82. The van der Waals surface area contributed by atoms with Crippen molar-refractivity contribution in [3.05, 3.63) is 65.7 Å². The molecule has 176 valence electrons. The van der Waals surface area contributed by atoms with Crippen molar-refractivity contribution in [1.29, 1.82) is 0 Å². The van der Waals surface area contributed by atoms with E-state index in [1.54, 1.807) is 27.0 Å². The highest BCUT2D eigenvalue weighted by Gasteiger charge is 2.44. The molecule has 3 aromatic rings. The Labute approximate surface area is 200 Å². The number of carbonyl (C=O) groups is 2. The molecule has 1 aliphatic carbocycles. The third-order valence-corrected chi connectivity index (χ3v) is 6.97. The number of carbonyl (C=O) groups excluding carboxylic acids is 2. The molecule has 1 saturated carbocycles. The number of methoxy groups -OCH3 is 1. The summed E-state index contributed by atoms with van der Waals surface area (Å²) in [6, 6.07) is 18.3. The summed E-state index contributed by atoms with van der Waals surface area (Å²) < 4.78 is 16.3. The molecule has 1 saturated heterocycles. The van der Waals surface area contributed by atoms with Gasteiger partial charge in [-0.3, -0.25) is 9.59 Å². The second kappa shape index (κ2) is 8.79. The molecule has 0 radical (unpaired) electrons. The zero-order valence-corrected chi connectivity index (χ0v) is 19.9. The van der Waals surface area contributed by atoms with Crippen LogP contribution in [0, 0.1) is 0 Å². The van der Waals surface area contributed by atoms with Crippen molar-refractivity contribution in [2.24, 2.45) is 0 Å². The second-order valence-corrected chi connectivity index (χ2v) is 9.79. The summed E-state index contributed by atoms with van der Waals surface area (Å²) in [7, 11) is 1.74. The molecule has 1 heterocycles. The van der Waals surface area contributed by atoms with Gasteiger partial charge in [-0.1, -0.05) is 49.6 Å². The maximum Gasteiger partial charge on any atom is 0.328 e. The van der Waals surface area contributed by atoms with Gasteiger partial charge in [0.2, 0.25) is 0 Å². The van der Waals surface area contributed by atoms with Gasteiger partial charge in [-0.05, 0) is 76.1 Å². The van der Waals surface area contributed by atoms with E-state index in [4.69, 9.17) is 14.2 Å². The molecule has 5 nitrogen and oxygen atoms in total. The lowest BCUT2D eigenvalue weighted by molar-refractivity contribution is -0.234. The summed E-state index contributed by atoms with van der Waals surface area (Å²) in [4.78, 5) is 25.0. The van der Waals surface area contributed by atoms with Crippen LogP contribution in [-0.4, -0.2) is 24.8 Å². The van der Waals surface area contributed by atoms with Gasteiger partial charge >= 0.3 is 11.9 Å². The first kappa shape index (κ1) is 22.5. The highest BCUT2D eigenvalue weighted by atomic mass is 16.7. The largest absolute Gasteiger partial charge is 0.496 e. The van der Waals surface area contributed by atoms with Crippen LogP contribution in [0.2, 0.25) is 0 Å². The molecule has 5 rings (SSSR count). The van der Waals surface area contributed by atoms with Crippen molar-refractivity contribution in [1.82, 2.24) is 0 Å². The fraction of sp³-hybridized carbons (Fsp3) is 0.379. The smallest absolute Gasteiger partial charge is 0.328 e. The quantitative estimate of drug-likeness (QED) is 0.331. The first-order valence-corrected chi connectivity index (χ1v) is 12.0. The summed E-state index contributed by atoms with van der Waals surface area (Å²) in [6.07, 6.45) is 6.29. The van der Waals surface area contributed by atoms with Crippen LogP contribution in [0.15, 0.2) is 54.6 Å². The third kappa shape index (κ3) is 4.27. The predicted octanol–water partition coefficient (Wildman–Crippen LogP) is 6.48. The molecule has 0 bridgehead atoms. The van der Waals surface area contributed by atoms with Gasteiger partial charge in [-0.25, -0.2) is 0 Å². The van der Waals surface area contributed by atoms with Crippen molar-refractivity contribution in [3.63, 3.8) is 0 Å². The van der Waals surface area contributed by atoms with Crippen LogP contribution in [0.25, 0.3) is 21.9 Å². The number of rotatable bonds is 4. The Morgan fingerprint density at radius 1 is 0.794 bits per heavy atom. The molecule has 3 aromatic carbocycles. The average molecular weight is 459 g/mol. The first-order valence-electron chi connectivity index (χ1n) is 12.0. The summed E-state index contributed by atoms with van der Waals surface area (Å²) in [5.74, 6) is -1.93. The lowest BCUT2D eigenvalue weighted by Gasteiger charge is -2.33. The van der Waals surface area contributed by atoms with Crippen molar-refractivity contribution in [3.8, 4) is 16.9 Å². The SMILES string of the molecule is COc1ccc(-c2ccc3cc(C4C(=O)OC(C)(C)OC4=O)ccc3c2)cc1C1CCCCC1. The summed E-state index contributed by atoms with van der Waals surface area (Å²) in [5, 5.41) is 1.99. The zero-order valence-electron chi connectivity index (χ0n) is 19.9. The maximum absolute atomic E-state index is 12.5. The summed E-state index contributed by atoms with van der Waals surface area (Å²) in [5.41, 5.74) is 4.16. The van der Waals surface area contributed by atoms with E-state index in [1.807, 2.05) is 18.2 Å². The van der Waals surface area contributed by atoms with Gasteiger partial charge in [0.25, 0.3) is 5.79 Å². The van der Waals surface area contributed by atoms with Crippen molar-refractivity contribution in [2.45, 2.75) is 63.6 Å². The van der Waals surface area contributed by atoms with E-state index in [0.29, 0.717) is 11.5 Å². The molecule has 0 aromatic heterocycles. The highest BCUT2D eigenvalue weighted by Crippen LogP contribution is 2.40. The van der Waals surface area contributed by atoms with Gasteiger partial charge in [-0.2, -0.15) is 0 Å². The summed E-state index contributed by atoms with van der Waals surface area (Å²) in [6.45, 7) is 3.11. The molecule has 0 atom stereocenters. The van der Waals surface area contributed by atoms with E-state index in [9.17, 15) is 9.59 Å². The molecule has 0 N–H and O–H groups in total. The number of esters is 2. The second-order valence-electron chi connectivity index (χ2n) is 9.79. The molecule has 0 unspecified atom stereocenters. The molecule has 5 heteroatoms. The van der Waals surface area contributed by atoms with E-state index in [-0.39, 0.29) is 0 Å². The van der Waals surface area contributed by atoms with Crippen LogP contribution >= 0.6 is 0 Å². The molecule has 0 amide bonds. The minimum Gasteiger partial charge on any atom is -0.496 e. The van der Waals surface area contributed by atoms with E-state index in [2.05, 4.69) is 30.3 Å². The van der Waals surface area contributed by atoms with E-state index in [0.717, 1.165) is 27.6 Å². The van der Waals surface area contributed by atoms with Gasteiger partial charge < -0.3 is 14.2 Å². The van der Waals surface area contributed by atoms with Crippen LogP contribution in [0.5, 0.6) is 5.75 Å². The minimum absolute atomic E-state index is 0.548. The predicted molar refractivity (Wildman–Crippen MR) is 131 cm³/mol. The molecular weight excluding hydrogens is 428 g/mol. The molecular formula is C29H30O5. The van der Waals surface area contributed by atoms with E-state index in [1.165, 1.54) is 37.7 Å². The minimum atomic E-state index is -1.23. The van der Waals surface area contributed by atoms with Crippen molar-refractivity contribution < 1.29 is 23.8 Å². The van der Waals surface area contributed by atoms with Crippen LogP contribution < -0.4 is 4.74 Å². The first-order chi connectivity index (χ1) is 16.3. The van der Waals surface area contributed by atoms with Gasteiger partial charge in [0, 0.05) is 13.8 Å². The Morgan fingerprint density at radius 3 is 2.12 bits per heavy atom. The Kier molecular flexibility index (Phi) is 5.80. The van der Waals surface area contributed by atoms with E-state index >= 15 is 0 Å². The lowest BCUT2D eigenvalue weighted by Crippen LogP contribution is -2.45. The molecule has 1 aliphatic heterocycles. The topological polar surface area (TPSA) is 61.8 Å². The van der Waals surface area contributed by atoms with Crippen LogP contribution in [0.3, 0.4) is 0 Å². The summed E-state index contributed by atoms with van der Waals surface area (Å²) >= 11 is 0. The Hall–Kier alpha value is -3.34. The molecule has 0 spiro atoms. The monoisotopic (exact) mass is 458 g/mol. The number of ether oxygens (including phenoxy) is 3. The van der Waals surface area contributed by atoms with Crippen LogP contribution in [0.4, 0.5) is 0 Å². The zero-order chi connectivity index (χ0) is 23.9. The Bertz CT molecular complexity index is 1230. The number of fused-ring (bicyclic) bond motifs is 1.